The van der Waals surface area contributed by atoms with Crippen molar-refractivity contribution in [3.63, 3.8) is 0 Å². The van der Waals surface area contributed by atoms with Crippen LogP contribution in [0.5, 0.6) is 0 Å². The van der Waals surface area contributed by atoms with Crippen molar-refractivity contribution in [2.75, 3.05) is 31.2 Å². The van der Waals surface area contributed by atoms with Crippen molar-refractivity contribution in [2.45, 2.75) is 12.8 Å². The normalized spacial score (nSPS) is 20.6. The highest BCUT2D eigenvalue weighted by molar-refractivity contribution is 5.82. The molecule has 0 atom stereocenters. The maximum atomic E-state index is 5.78. The van der Waals surface area contributed by atoms with Crippen molar-refractivity contribution in [3.05, 3.63) is 24.3 Å². The molecule has 0 N–H and O–H groups in total. The number of tetrazole rings is 1. The van der Waals surface area contributed by atoms with E-state index in [1.165, 1.54) is 12.8 Å². The third kappa shape index (κ3) is 1.78. The van der Waals surface area contributed by atoms with Gasteiger partial charge in [-0.05, 0) is 35.4 Å². The van der Waals surface area contributed by atoms with Gasteiger partial charge in [0.15, 0.2) is 5.82 Å². The lowest BCUT2D eigenvalue weighted by Crippen LogP contribution is -2.32. The van der Waals surface area contributed by atoms with Crippen LogP contribution in [-0.4, -0.2) is 51.3 Å². The summed E-state index contributed by atoms with van der Waals surface area (Å²) in [5.74, 6) is 0.862. The highest BCUT2D eigenvalue weighted by atomic mass is 16.5. The van der Waals surface area contributed by atoms with Gasteiger partial charge in [-0.25, -0.2) is 4.98 Å². The predicted octanol–water partition coefficient (Wildman–Crippen LogP) is 1.29. The van der Waals surface area contributed by atoms with E-state index < -0.39 is 0 Å². The van der Waals surface area contributed by atoms with Crippen LogP contribution in [-0.2, 0) is 4.74 Å². The minimum atomic E-state index is 0.314. The molecule has 1 aromatic carbocycles. The molecule has 3 aromatic rings. The number of hydrogen-bond donors (Lipinski definition) is 0. The van der Waals surface area contributed by atoms with E-state index in [-0.39, 0.29) is 0 Å². The van der Waals surface area contributed by atoms with Gasteiger partial charge in [0.05, 0.1) is 24.2 Å². The smallest absolute Gasteiger partial charge is 0.222 e. The van der Waals surface area contributed by atoms with E-state index in [2.05, 4.69) is 20.4 Å². The number of ether oxygens (including phenoxy) is 1. The quantitative estimate of drug-likeness (QED) is 0.674. The third-order valence-corrected chi connectivity index (χ3v) is 4.70. The first kappa shape index (κ1) is 12.3. The van der Waals surface area contributed by atoms with Crippen LogP contribution in [0, 0.1) is 5.41 Å². The van der Waals surface area contributed by atoms with Gasteiger partial charge in [-0.3, -0.25) is 0 Å². The number of nitrogens with zero attached hydrogens (tertiary/aromatic N) is 6. The molecule has 7 nitrogen and oxygen atoms in total. The van der Waals surface area contributed by atoms with Crippen LogP contribution >= 0.6 is 0 Å². The molecule has 0 unspecified atom stereocenters. The lowest BCUT2D eigenvalue weighted by molar-refractivity contribution is 0.116. The number of anilines is 1. The van der Waals surface area contributed by atoms with Gasteiger partial charge < -0.3 is 9.64 Å². The Kier molecular flexibility index (Phi) is 2.43. The summed E-state index contributed by atoms with van der Waals surface area (Å²) in [6.45, 7) is 3.39. The fourth-order valence-corrected chi connectivity index (χ4v) is 3.26. The fourth-order valence-electron chi connectivity index (χ4n) is 3.26. The zero-order chi connectivity index (χ0) is 14.6. The molecule has 1 saturated heterocycles. The summed E-state index contributed by atoms with van der Waals surface area (Å²) >= 11 is 0. The monoisotopic (exact) mass is 296 g/mol. The molecule has 0 amide bonds. The molecular formula is C15H16N6O. The van der Waals surface area contributed by atoms with E-state index in [1.807, 2.05) is 24.3 Å². The Morgan fingerprint density at radius 1 is 1.18 bits per heavy atom. The van der Waals surface area contributed by atoms with Crippen molar-refractivity contribution in [2.24, 2.45) is 5.41 Å². The van der Waals surface area contributed by atoms with Gasteiger partial charge in [0.2, 0.25) is 5.65 Å². The molecule has 1 spiro atoms. The molecule has 112 valence electrons. The van der Waals surface area contributed by atoms with Crippen molar-refractivity contribution < 1.29 is 4.74 Å². The minimum Gasteiger partial charge on any atom is -0.379 e. The Morgan fingerprint density at radius 3 is 3.00 bits per heavy atom. The number of hydrogen-bond acceptors (Lipinski definition) is 6. The van der Waals surface area contributed by atoms with E-state index in [4.69, 9.17) is 9.72 Å². The van der Waals surface area contributed by atoms with E-state index in [0.717, 1.165) is 48.8 Å². The summed E-state index contributed by atoms with van der Waals surface area (Å²) in [4.78, 5) is 7.13. The summed E-state index contributed by atoms with van der Waals surface area (Å²) in [6.07, 6.45) is 2.47. The van der Waals surface area contributed by atoms with Gasteiger partial charge in [-0.2, -0.15) is 4.52 Å². The maximum absolute atomic E-state index is 5.78. The summed E-state index contributed by atoms with van der Waals surface area (Å²) in [5, 5.41) is 12.2. The number of para-hydroxylation sites is 2. The summed E-state index contributed by atoms with van der Waals surface area (Å²) in [5.41, 5.74) is 2.87. The molecule has 7 heteroatoms. The first-order valence-electron chi connectivity index (χ1n) is 7.64. The second-order valence-electron chi connectivity index (χ2n) is 6.31. The number of fused-ring (bicyclic) bond motifs is 3. The Balaban J connectivity index is 1.70. The molecule has 1 aliphatic carbocycles. The maximum Gasteiger partial charge on any atom is 0.222 e. The lowest BCUT2D eigenvalue weighted by Gasteiger charge is -2.24. The average molecular weight is 296 g/mol. The van der Waals surface area contributed by atoms with Gasteiger partial charge in [-0.1, -0.05) is 12.1 Å². The van der Waals surface area contributed by atoms with Crippen molar-refractivity contribution in [1.29, 1.82) is 0 Å². The molecule has 1 saturated carbocycles. The van der Waals surface area contributed by atoms with Crippen LogP contribution in [0.25, 0.3) is 16.7 Å². The summed E-state index contributed by atoms with van der Waals surface area (Å²) < 4.78 is 7.56. The SMILES string of the molecule is c1ccc2c(c1)nc(N1CCOCC3(CC3)C1)c1nnnn12. The van der Waals surface area contributed by atoms with Crippen LogP contribution in [0.15, 0.2) is 24.3 Å². The molecule has 2 fully saturated rings. The Labute approximate surface area is 126 Å². The first-order valence-corrected chi connectivity index (χ1v) is 7.64. The topological polar surface area (TPSA) is 68.4 Å². The van der Waals surface area contributed by atoms with Crippen LogP contribution < -0.4 is 4.90 Å². The Hall–Kier alpha value is -2.28. The van der Waals surface area contributed by atoms with Gasteiger partial charge >= 0.3 is 0 Å². The van der Waals surface area contributed by atoms with Crippen molar-refractivity contribution >= 4 is 22.5 Å². The first-order chi connectivity index (χ1) is 10.8. The van der Waals surface area contributed by atoms with Crippen LogP contribution in [0.3, 0.4) is 0 Å². The Bertz CT molecular complexity index is 855. The van der Waals surface area contributed by atoms with Crippen molar-refractivity contribution in [1.82, 2.24) is 25.0 Å². The van der Waals surface area contributed by atoms with Crippen LogP contribution in [0.2, 0.25) is 0 Å². The highest BCUT2D eigenvalue weighted by Crippen LogP contribution is 2.47. The van der Waals surface area contributed by atoms with Gasteiger partial charge in [0, 0.05) is 18.5 Å². The van der Waals surface area contributed by atoms with E-state index in [0.29, 0.717) is 5.41 Å². The molecule has 3 heterocycles. The fraction of sp³-hybridized carbons (Fsp3) is 0.467. The number of rotatable bonds is 1. The van der Waals surface area contributed by atoms with Gasteiger partial charge in [0.25, 0.3) is 0 Å². The van der Waals surface area contributed by atoms with Crippen molar-refractivity contribution in [3.8, 4) is 0 Å². The van der Waals surface area contributed by atoms with E-state index in [9.17, 15) is 0 Å². The lowest BCUT2D eigenvalue weighted by atomic mass is 10.1. The molecule has 2 aliphatic rings. The van der Waals surface area contributed by atoms with Gasteiger partial charge in [0.1, 0.15) is 0 Å². The van der Waals surface area contributed by atoms with Crippen LogP contribution in [0.1, 0.15) is 12.8 Å². The minimum absolute atomic E-state index is 0.314. The van der Waals surface area contributed by atoms with Gasteiger partial charge in [-0.15, -0.1) is 5.10 Å². The standard InChI is InChI=1S/C15H16N6O/c1-2-4-12-11(3-1)16-13(14-17-18-19-21(12)14)20-7-8-22-10-15(9-20)5-6-15/h1-4H,5-10H2. The molecule has 2 aromatic heterocycles. The number of aromatic nitrogens is 5. The molecule has 0 radical (unpaired) electrons. The third-order valence-electron chi connectivity index (χ3n) is 4.70. The van der Waals surface area contributed by atoms with E-state index >= 15 is 0 Å². The zero-order valence-electron chi connectivity index (χ0n) is 12.1. The molecule has 22 heavy (non-hydrogen) atoms. The average Bonchev–Trinajstić information content (AvgIpc) is 3.20. The predicted molar refractivity (Wildman–Crippen MR) is 80.8 cm³/mol. The second-order valence-corrected chi connectivity index (χ2v) is 6.31. The largest absolute Gasteiger partial charge is 0.379 e. The molecule has 0 bridgehead atoms. The Morgan fingerprint density at radius 2 is 2.09 bits per heavy atom. The summed E-state index contributed by atoms with van der Waals surface area (Å²) in [7, 11) is 0. The van der Waals surface area contributed by atoms with E-state index in [1.54, 1.807) is 4.52 Å². The second kappa shape index (κ2) is 4.36. The number of benzene rings is 1. The highest BCUT2D eigenvalue weighted by Gasteiger charge is 2.46. The van der Waals surface area contributed by atoms with Crippen LogP contribution in [0.4, 0.5) is 5.82 Å². The summed E-state index contributed by atoms with van der Waals surface area (Å²) in [6, 6.07) is 7.96. The molecular weight excluding hydrogens is 280 g/mol. The zero-order valence-corrected chi connectivity index (χ0v) is 12.1. The molecule has 5 rings (SSSR count). The molecule has 1 aliphatic heterocycles.